The van der Waals surface area contributed by atoms with E-state index in [9.17, 15) is 9.59 Å². The third-order valence-corrected chi connectivity index (χ3v) is 1.98. The van der Waals surface area contributed by atoms with Crippen LogP contribution in [0.2, 0.25) is 0 Å². The summed E-state index contributed by atoms with van der Waals surface area (Å²) in [6.45, 7) is 1.81. The van der Waals surface area contributed by atoms with Crippen molar-refractivity contribution < 1.29 is 9.59 Å². The Morgan fingerprint density at radius 2 is 2.18 bits per heavy atom. The van der Waals surface area contributed by atoms with Gasteiger partial charge in [0, 0.05) is 0 Å². The molecule has 0 saturated heterocycles. The molecule has 0 radical (unpaired) electrons. The van der Waals surface area contributed by atoms with Crippen LogP contribution in [0.25, 0.3) is 0 Å². The van der Waals surface area contributed by atoms with Crippen LogP contribution in [0.4, 0.5) is 0 Å². The number of hydrogen-bond donors (Lipinski definition) is 2. The first kappa shape index (κ1) is 11.0. The smallest absolute Gasteiger partial charge is 0.231 e. The molecular formula is C6H10BrNO2S. The normalized spacial score (nSPS) is 12.3. The van der Waals surface area contributed by atoms with Gasteiger partial charge in [0.2, 0.25) is 11.0 Å². The number of hydrogen-bond acceptors (Lipinski definition) is 2. The fourth-order valence-electron chi connectivity index (χ4n) is 0.571. The van der Waals surface area contributed by atoms with Gasteiger partial charge in [-0.2, -0.15) is 0 Å². The number of carbonyl (C=O) groups excluding carboxylic acids is 2. The number of carbonyl (C=O) groups is 2. The van der Waals surface area contributed by atoms with Gasteiger partial charge in [-0.25, -0.2) is 0 Å². The number of nitrogens with one attached hydrogen (secondary N) is 1. The van der Waals surface area contributed by atoms with E-state index in [0.29, 0.717) is 6.42 Å². The summed E-state index contributed by atoms with van der Waals surface area (Å²) in [6, 6.07) is -0.455. The average Bonchev–Trinajstić information content (AvgIpc) is 1.99. The molecule has 0 rings (SSSR count). The minimum absolute atomic E-state index is 0.195. The molecule has 1 atom stereocenters. The van der Waals surface area contributed by atoms with Gasteiger partial charge in [0.1, 0.15) is 0 Å². The monoisotopic (exact) mass is 239 g/mol. The van der Waals surface area contributed by atoms with Crippen molar-refractivity contribution in [2.45, 2.75) is 19.4 Å². The highest BCUT2D eigenvalue weighted by atomic mass is 79.9. The van der Waals surface area contributed by atoms with Crippen LogP contribution in [0.15, 0.2) is 0 Å². The maximum atomic E-state index is 10.7. The van der Waals surface area contributed by atoms with Crippen LogP contribution in [-0.4, -0.2) is 22.4 Å². The van der Waals surface area contributed by atoms with Gasteiger partial charge in [0.25, 0.3) is 0 Å². The Bertz CT molecular complexity index is 163. The Labute approximate surface area is 79.5 Å². The topological polar surface area (TPSA) is 46.2 Å². The molecule has 0 saturated carbocycles. The van der Waals surface area contributed by atoms with Crippen LogP contribution in [0.5, 0.6) is 0 Å². The predicted molar refractivity (Wildman–Crippen MR) is 50.0 cm³/mol. The summed E-state index contributed by atoms with van der Waals surface area (Å²) in [6.07, 6.45) is 0.571. The number of halogens is 1. The number of amides is 1. The first-order valence-electron chi connectivity index (χ1n) is 3.20. The summed E-state index contributed by atoms with van der Waals surface area (Å²) >= 11 is 6.59. The summed E-state index contributed by atoms with van der Waals surface area (Å²) in [5.41, 5.74) is 0. The maximum Gasteiger partial charge on any atom is 0.231 e. The molecule has 1 N–H and O–H groups in total. The Hall–Kier alpha value is -0.0300. The molecule has 3 nitrogen and oxygen atoms in total. The highest BCUT2D eigenvalue weighted by molar-refractivity contribution is 9.09. The second-order valence-corrected chi connectivity index (χ2v) is 3.00. The summed E-state index contributed by atoms with van der Waals surface area (Å²) < 4.78 is 0. The predicted octanol–water partition coefficient (Wildman–Crippen LogP) is 0.732. The van der Waals surface area contributed by atoms with E-state index >= 15 is 0 Å². The zero-order valence-electron chi connectivity index (χ0n) is 6.13. The summed E-state index contributed by atoms with van der Waals surface area (Å²) in [5, 5.41) is 2.41. The van der Waals surface area contributed by atoms with Crippen molar-refractivity contribution in [3.05, 3.63) is 0 Å². The van der Waals surface area contributed by atoms with E-state index in [0.717, 1.165) is 0 Å². The van der Waals surface area contributed by atoms with E-state index in [4.69, 9.17) is 0 Å². The van der Waals surface area contributed by atoms with Crippen molar-refractivity contribution in [1.29, 1.82) is 0 Å². The van der Waals surface area contributed by atoms with Gasteiger partial charge in [-0.15, -0.1) is 12.6 Å². The molecule has 5 heteroatoms. The molecular weight excluding hydrogens is 230 g/mol. The molecule has 0 aromatic heterocycles. The van der Waals surface area contributed by atoms with Gasteiger partial charge in [0.05, 0.1) is 11.4 Å². The van der Waals surface area contributed by atoms with Crippen molar-refractivity contribution in [3.63, 3.8) is 0 Å². The molecule has 0 aliphatic heterocycles. The van der Waals surface area contributed by atoms with Crippen LogP contribution in [0.1, 0.15) is 13.3 Å². The van der Waals surface area contributed by atoms with Crippen molar-refractivity contribution in [2.24, 2.45) is 0 Å². The Kier molecular flexibility index (Phi) is 5.58. The number of alkyl halides is 1. The lowest BCUT2D eigenvalue weighted by atomic mass is 10.2. The summed E-state index contributed by atoms with van der Waals surface area (Å²) in [5.74, 6) is -0.195. The lowest BCUT2D eigenvalue weighted by Crippen LogP contribution is -2.38. The molecule has 0 fully saturated rings. The minimum atomic E-state index is -0.455. The van der Waals surface area contributed by atoms with Gasteiger partial charge in [-0.3, -0.25) is 9.59 Å². The van der Waals surface area contributed by atoms with Crippen LogP contribution >= 0.6 is 28.6 Å². The third kappa shape index (κ3) is 4.42. The highest BCUT2D eigenvalue weighted by Crippen LogP contribution is 1.96. The second-order valence-electron chi connectivity index (χ2n) is 2.00. The molecule has 11 heavy (non-hydrogen) atoms. The van der Waals surface area contributed by atoms with Crippen molar-refractivity contribution in [1.82, 2.24) is 5.32 Å². The van der Waals surface area contributed by atoms with E-state index in [-0.39, 0.29) is 16.4 Å². The van der Waals surface area contributed by atoms with E-state index < -0.39 is 6.04 Å². The molecule has 0 aliphatic rings. The zero-order valence-corrected chi connectivity index (χ0v) is 8.61. The van der Waals surface area contributed by atoms with Gasteiger partial charge >= 0.3 is 0 Å². The molecule has 0 bridgehead atoms. The molecule has 0 aromatic rings. The largest absolute Gasteiger partial charge is 0.345 e. The SMILES string of the molecule is CCC(NC(=O)CBr)C(=O)S. The standard InChI is InChI=1S/C6H10BrNO2S/c1-2-4(6(10)11)8-5(9)3-7/h4H,2-3H2,1H3,(H,8,9)(H,10,11). The molecule has 0 aliphatic carbocycles. The number of thiol groups is 1. The summed E-state index contributed by atoms with van der Waals surface area (Å²) in [4.78, 5) is 21.4. The van der Waals surface area contributed by atoms with E-state index in [1.54, 1.807) is 0 Å². The molecule has 64 valence electrons. The Morgan fingerprint density at radius 3 is 2.45 bits per heavy atom. The maximum absolute atomic E-state index is 10.7. The molecule has 1 amide bonds. The fourth-order valence-corrected chi connectivity index (χ4v) is 0.980. The van der Waals surface area contributed by atoms with Gasteiger partial charge in [0.15, 0.2) is 0 Å². The van der Waals surface area contributed by atoms with Gasteiger partial charge in [-0.05, 0) is 6.42 Å². The Morgan fingerprint density at radius 1 is 1.64 bits per heavy atom. The second kappa shape index (κ2) is 5.60. The van der Waals surface area contributed by atoms with Crippen molar-refractivity contribution >= 4 is 39.6 Å². The quantitative estimate of drug-likeness (QED) is 0.562. The van der Waals surface area contributed by atoms with Gasteiger partial charge < -0.3 is 5.32 Å². The van der Waals surface area contributed by atoms with Gasteiger partial charge in [-0.1, -0.05) is 22.9 Å². The van der Waals surface area contributed by atoms with E-state index in [1.807, 2.05) is 6.92 Å². The zero-order chi connectivity index (χ0) is 8.85. The molecule has 0 heterocycles. The molecule has 1 unspecified atom stereocenters. The first-order valence-corrected chi connectivity index (χ1v) is 4.76. The van der Waals surface area contributed by atoms with Crippen molar-refractivity contribution in [2.75, 3.05) is 5.33 Å². The molecule has 0 spiro atoms. The van der Waals surface area contributed by atoms with Crippen LogP contribution in [-0.2, 0) is 9.59 Å². The fraction of sp³-hybridized carbons (Fsp3) is 0.667. The lowest BCUT2D eigenvalue weighted by molar-refractivity contribution is -0.122. The Balaban J connectivity index is 3.88. The van der Waals surface area contributed by atoms with Crippen LogP contribution in [0.3, 0.4) is 0 Å². The minimum Gasteiger partial charge on any atom is -0.345 e. The third-order valence-electron chi connectivity index (χ3n) is 1.16. The molecule has 0 aromatic carbocycles. The first-order chi connectivity index (χ1) is 5.11. The van der Waals surface area contributed by atoms with E-state index in [2.05, 4.69) is 33.9 Å². The highest BCUT2D eigenvalue weighted by Gasteiger charge is 2.13. The average molecular weight is 240 g/mol. The van der Waals surface area contributed by atoms with Crippen molar-refractivity contribution in [3.8, 4) is 0 Å². The van der Waals surface area contributed by atoms with Crippen LogP contribution < -0.4 is 5.32 Å². The van der Waals surface area contributed by atoms with Crippen LogP contribution in [0, 0.1) is 0 Å². The number of rotatable bonds is 4. The summed E-state index contributed by atoms with van der Waals surface area (Å²) in [7, 11) is 0. The van der Waals surface area contributed by atoms with E-state index in [1.165, 1.54) is 0 Å². The lowest BCUT2D eigenvalue weighted by Gasteiger charge is -2.10.